The smallest absolute Gasteiger partial charge is 0.204 e. The SMILES string of the molecule is COc1cc(-c2ccccc2Cl)c(Cl)c(OC)c1OC. The molecular formula is C15H14Cl2O3. The number of rotatable bonds is 4. The van der Waals surface area contributed by atoms with Crippen molar-refractivity contribution in [2.75, 3.05) is 21.3 Å². The Labute approximate surface area is 128 Å². The van der Waals surface area contributed by atoms with Crippen molar-refractivity contribution in [1.29, 1.82) is 0 Å². The van der Waals surface area contributed by atoms with Crippen LogP contribution in [0.3, 0.4) is 0 Å². The molecule has 0 unspecified atom stereocenters. The summed E-state index contributed by atoms with van der Waals surface area (Å²) in [6.45, 7) is 0. The van der Waals surface area contributed by atoms with E-state index in [-0.39, 0.29) is 0 Å². The van der Waals surface area contributed by atoms with Gasteiger partial charge in [0.1, 0.15) is 0 Å². The van der Waals surface area contributed by atoms with Crippen LogP contribution in [0.15, 0.2) is 30.3 Å². The molecule has 0 radical (unpaired) electrons. The Morgan fingerprint density at radius 2 is 1.45 bits per heavy atom. The lowest BCUT2D eigenvalue weighted by atomic mass is 10.0. The first-order valence-corrected chi connectivity index (χ1v) is 6.63. The highest BCUT2D eigenvalue weighted by Gasteiger charge is 2.21. The normalized spacial score (nSPS) is 10.2. The van der Waals surface area contributed by atoms with Crippen LogP contribution in [-0.2, 0) is 0 Å². The van der Waals surface area contributed by atoms with E-state index in [9.17, 15) is 0 Å². The largest absolute Gasteiger partial charge is 0.493 e. The molecule has 0 aromatic heterocycles. The van der Waals surface area contributed by atoms with Crippen LogP contribution in [0.25, 0.3) is 11.1 Å². The van der Waals surface area contributed by atoms with E-state index in [0.717, 1.165) is 11.1 Å². The molecule has 0 bridgehead atoms. The second-order valence-electron chi connectivity index (χ2n) is 3.99. The van der Waals surface area contributed by atoms with Crippen molar-refractivity contribution in [2.24, 2.45) is 0 Å². The van der Waals surface area contributed by atoms with Crippen LogP contribution in [0.1, 0.15) is 0 Å². The molecule has 20 heavy (non-hydrogen) atoms. The Balaban J connectivity index is 2.75. The molecule has 2 aromatic carbocycles. The van der Waals surface area contributed by atoms with Crippen molar-refractivity contribution in [3.8, 4) is 28.4 Å². The fraction of sp³-hybridized carbons (Fsp3) is 0.200. The minimum Gasteiger partial charge on any atom is -0.493 e. The van der Waals surface area contributed by atoms with Gasteiger partial charge < -0.3 is 14.2 Å². The Kier molecular flexibility index (Phi) is 4.63. The third kappa shape index (κ3) is 2.51. The highest BCUT2D eigenvalue weighted by atomic mass is 35.5. The number of hydrogen-bond acceptors (Lipinski definition) is 3. The second kappa shape index (κ2) is 6.25. The molecule has 2 rings (SSSR count). The van der Waals surface area contributed by atoms with Gasteiger partial charge in [0.2, 0.25) is 5.75 Å². The zero-order chi connectivity index (χ0) is 14.7. The predicted molar refractivity (Wildman–Crippen MR) is 81.6 cm³/mol. The molecule has 0 N–H and O–H groups in total. The van der Waals surface area contributed by atoms with E-state index in [1.807, 2.05) is 18.2 Å². The summed E-state index contributed by atoms with van der Waals surface area (Å²) >= 11 is 12.6. The van der Waals surface area contributed by atoms with Gasteiger partial charge in [0.05, 0.1) is 26.4 Å². The van der Waals surface area contributed by atoms with E-state index >= 15 is 0 Å². The Morgan fingerprint density at radius 3 is 2.00 bits per heavy atom. The topological polar surface area (TPSA) is 27.7 Å². The van der Waals surface area contributed by atoms with E-state index in [2.05, 4.69) is 0 Å². The first-order chi connectivity index (χ1) is 9.63. The van der Waals surface area contributed by atoms with Crippen molar-refractivity contribution < 1.29 is 14.2 Å². The van der Waals surface area contributed by atoms with Gasteiger partial charge in [-0.15, -0.1) is 0 Å². The van der Waals surface area contributed by atoms with Crippen molar-refractivity contribution in [3.05, 3.63) is 40.4 Å². The molecule has 5 heteroatoms. The lowest BCUT2D eigenvalue weighted by Gasteiger charge is -2.17. The number of methoxy groups -OCH3 is 3. The molecule has 0 aliphatic heterocycles. The summed E-state index contributed by atoms with van der Waals surface area (Å²) in [7, 11) is 4.62. The average molecular weight is 313 g/mol. The maximum atomic E-state index is 6.41. The molecule has 0 spiro atoms. The number of ether oxygens (including phenoxy) is 3. The molecule has 2 aromatic rings. The fourth-order valence-electron chi connectivity index (χ4n) is 2.00. The Morgan fingerprint density at radius 1 is 0.800 bits per heavy atom. The van der Waals surface area contributed by atoms with Gasteiger partial charge in [-0.05, 0) is 12.1 Å². The fourth-order valence-corrected chi connectivity index (χ4v) is 2.55. The number of benzene rings is 2. The van der Waals surface area contributed by atoms with Crippen molar-refractivity contribution in [2.45, 2.75) is 0 Å². The summed E-state index contributed by atoms with van der Waals surface area (Å²) in [5.41, 5.74) is 1.53. The van der Waals surface area contributed by atoms with Crippen LogP contribution in [0.4, 0.5) is 0 Å². The molecule has 0 saturated carbocycles. The second-order valence-corrected chi connectivity index (χ2v) is 4.77. The lowest BCUT2D eigenvalue weighted by molar-refractivity contribution is 0.325. The highest BCUT2D eigenvalue weighted by molar-refractivity contribution is 6.37. The zero-order valence-corrected chi connectivity index (χ0v) is 12.9. The molecule has 0 heterocycles. The summed E-state index contributed by atoms with van der Waals surface area (Å²) < 4.78 is 16.0. The van der Waals surface area contributed by atoms with Crippen LogP contribution in [0.5, 0.6) is 17.2 Å². The van der Waals surface area contributed by atoms with Gasteiger partial charge in [-0.3, -0.25) is 0 Å². The van der Waals surface area contributed by atoms with Crippen LogP contribution < -0.4 is 14.2 Å². The van der Waals surface area contributed by atoms with Gasteiger partial charge in [0.15, 0.2) is 11.5 Å². The van der Waals surface area contributed by atoms with E-state index in [1.165, 1.54) is 14.2 Å². The Bertz CT molecular complexity index is 627. The molecule has 0 aliphatic carbocycles. The van der Waals surface area contributed by atoms with E-state index in [1.54, 1.807) is 19.2 Å². The molecule has 0 aliphatic rings. The minimum absolute atomic E-state index is 0.420. The average Bonchev–Trinajstić information content (AvgIpc) is 2.47. The van der Waals surface area contributed by atoms with Crippen molar-refractivity contribution >= 4 is 23.2 Å². The Hall–Kier alpha value is -1.58. The van der Waals surface area contributed by atoms with Crippen LogP contribution >= 0.6 is 23.2 Å². The number of hydrogen-bond donors (Lipinski definition) is 0. The summed E-state index contributed by atoms with van der Waals surface area (Å²) in [4.78, 5) is 0. The van der Waals surface area contributed by atoms with Crippen LogP contribution in [-0.4, -0.2) is 21.3 Å². The summed E-state index contributed by atoms with van der Waals surface area (Å²) in [5, 5.41) is 1.03. The van der Waals surface area contributed by atoms with E-state index in [0.29, 0.717) is 27.3 Å². The maximum absolute atomic E-state index is 6.41. The summed E-state index contributed by atoms with van der Waals surface area (Å²) in [6, 6.07) is 9.22. The standard InChI is InChI=1S/C15H14Cl2O3/c1-18-12-8-10(9-6-4-5-7-11(9)16)13(17)15(20-3)14(12)19-2/h4-8H,1-3H3. The first-order valence-electron chi connectivity index (χ1n) is 5.87. The first kappa shape index (κ1) is 14.8. The molecule has 3 nitrogen and oxygen atoms in total. The van der Waals surface area contributed by atoms with Gasteiger partial charge in [0, 0.05) is 16.1 Å². The monoisotopic (exact) mass is 312 g/mol. The van der Waals surface area contributed by atoms with Crippen LogP contribution in [0, 0.1) is 0 Å². The maximum Gasteiger partial charge on any atom is 0.204 e. The molecule has 0 saturated heterocycles. The van der Waals surface area contributed by atoms with Gasteiger partial charge in [-0.1, -0.05) is 41.4 Å². The van der Waals surface area contributed by atoms with Gasteiger partial charge in [-0.25, -0.2) is 0 Å². The summed E-state index contributed by atoms with van der Waals surface area (Å²) in [5.74, 6) is 1.41. The molecular weight excluding hydrogens is 299 g/mol. The van der Waals surface area contributed by atoms with Gasteiger partial charge in [-0.2, -0.15) is 0 Å². The van der Waals surface area contributed by atoms with Gasteiger partial charge >= 0.3 is 0 Å². The zero-order valence-electron chi connectivity index (χ0n) is 11.4. The minimum atomic E-state index is 0.420. The summed E-state index contributed by atoms with van der Waals surface area (Å²) in [6.07, 6.45) is 0. The predicted octanol–water partition coefficient (Wildman–Crippen LogP) is 4.69. The third-order valence-electron chi connectivity index (χ3n) is 2.93. The molecule has 0 fully saturated rings. The molecule has 106 valence electrons. The van der Waals surface area contributed by atoms with Gasteiger partial charge in [0.25, 0.3) is 0 Å². The third-order valence-corrected chi connectivity index (χ3v) is 3.64. The van der Waals surface area contributed by atoms with Crippen LogP contribution in [0.2, 0.25) is 10.0 Å². The lowest BCUT2D eigenvalue weighted by Crippen LogP contribution is -1.97. The van der Waals surface area contributed by atoms with Crippen molar-refractivity contribution in [1.82, 2.24) is 0 Å². The van der Waals surface area contributed by atoms with E-state index < -0.39 is 0 Å². The molecule has 0 atom stereocenters. The quantitative estimate of drug-likeness (QED) is 0.820. The van der Waals surface area contributed by atoms with E-state index in [4.69, 9.17) is 37.4 Å². The molecule has 0 amide bonds. The van der Waals surface area contributed by atoms with Crippen molar-refractivity contribution in [3.63, 3.8) is 0 Å². The highest BCUT2D eigenvalue weighted by Crippen LogP contribution is 2.48. The number of halogens is 2.